The largest absolute Gasteiger partial charge is 0.351 e. The van der Waals surface area contributed by atoms with Crippen LogP contribution in [0, 0.1) is 6.92 Å². The third kappa shape index (κ3) is 3.93. The van der Waals surface area contributed by atoms with Crippen LogP contribution in [0.2, 0.25) is 0 Å². The zero-order valence-electron chi connectivity index (χ0n) is 12.4. The van der Waals surface area contributed by atoms with E-state index < -0.39 is 0 Å². The molecule has 0 radical (unpaired) electrons. The van der Waals surface area contributed by atoms with Gasteiger partial charge in [0.1, 0.15) is 0 Å². The Hall–Kier alpha value is -2.66. The fraction of sp³-hybridized carbons (Fsp3) is 0.176. The molecule has 0 heterocycles. The summed E-state index contributed by atoms with van der Waals surface area (Å²) >= 11 is 0. The summed E-state index contributed by atoms with van der Waals surface area (Å²) in [5.74, 6) is -0.413. The van der Waals surface area contributed by atoms with Crippen molar-refractivity contribution in [1.29, 1.82) is 0 Å². The summed E-state index contributed by atoms with van der Waals surface area (Å²) < 4.78 is 0. The van der Waals surface area contributed by atoms with Crippen molar-refractivity contribution >= 4 is 17.5 Å². The van der Waals surface area contributed by atoms with Crippen molar-refractivity contribution in [1.82, 2.24) is 5.32 Å². The highest BCUT2D eigenvalue weighted by Gasteiger charge is 2.10. The molecule has 0 fully saturated rings. The molecule has 0 aliphatic rings. The average molecular weight is 297 g/mol. The lowest BCUT2D eigenvalue weighted by Gasteiger charge is -2.11. The predicted octanol–water partition coefficient (Wildman–Crippen LogP) is 1.94. The van der Waals surface area contributed by atoms with Crippen LogP contribution in [0.15, 0.2) is 48.5 Å². The zero-order valence-corrected chi connectivity index (χ0v) is 12.4. The fourth-order valence-electron chi connectivity index (χ4n) is 1.97. The van der Waals surface area contributed by atoms with Gasteiger partial charge in [-0.3, -0.25) is 9.59 Å². The molecule has 0 spiro atoms. The van der Waals surface area contributed by atoms with Gasteiger partial charge in [0.05, 0.1) is 0 Å². The van der Waals surface area contributed by atoms with E-state index in [9.17, 15) is 9.59 Å². The van der Waals surface area contributed by atoms with Crippen LogP contribution in [-0.4, -0.2) is 24.9 Å². The quantitative estimate of drug-likeness (QED) is 0.788. The summed E-state index contributed by atoms with van der Waals surface area (Å²) in [5.41, 5.74) is 7.93. The molecule has 2 rings (SSSR count). The molecule has 4 N–H and O–H groups in total. The van der Waals surface area contributed by atoms with Crippen molar-refractivity contribution in [2.75, 3.05) is 18.4 Å². The summed E-state index contributed by atoms with van der Waals surface area (Å²) in [6, 6.07) is 14.1. The molecule has 5 nitrogen and oxygen atoms in total. The molecule has 0 aromatic heterocycles. The summed E-state index contributed by atoms with van der Waals surface area (Å²) in [4.78, 5) is 24.1. The minimum Gasteiger partial charge on any atom is -0.351 e. The second kappa shape index (κ2) is 7.38. The summed E-state index contributed by atoms with van der Waals surface area (Å²) in [7, 11) is 0. The van der Waals surface area contributed by atoms with E-state index in [2.05, 4.69) is 10.6 Å². The van der Waals surface area contributed by atoms with Crippen LogP contribution in [-0.2, 0) is 0 Å². The lowest BCUT2D eigenvalue weighted by molar-refractivity contribution is 0.0953. The number of benzene rings is 2. The van der Waals surface area contributed by atoms with Gasteiger partial charge >= 0.3 is 0 Å². The van der Waals surface area contributed by atoms with E-state index in [0.717, 1.165) is 5.56 Å². The minimum absolute atomic E-state index is 0.205. The number of hydrogen-bond acceptors (Lipinski definition) is 3. The molecule has 114 valence electrons. The third-order valence-electron chi connectivity index (χ3n) is 3.21. The Bertz CT molecular complexity index is 669. The van der Waals surface area contributed by atoms with E-state index in [1.54, 1.807) is 42.5 Å². The van der Waals surface area contributed by atoms with Gasteiger partial charge in [0, 0.05) is 29.9 Å². The maximum Gasteiger partial charge on any atom is 0.255 e. The maximum atomic E-state index is 12.2. The zero-order chi connectivity index (χ0) is 15.9. The first-order chi connectivity index (χ1) is 10.6. The van der Waals surface area contributed by atoms with E-state index in [1.165, 1.54) is 0 Å². The van der Waals surface area contributed by atoms with Gasteiger partial charge in [0.15, 0.2) is 0 Å². The number of aryl methyl sites for hydroxylation is 1. The molecule has 0 atom stereocenters. The van der Waals surface area contributed by atoms with Crippen molar-refractivity contribution in [3.63, 3.8) is 0 Å². The molecule has 2 aromatic rings. The molecular formula is C17H19N3O2. The monoisotopic (exact) mass is 297 g/mol. The summed E-state index contributed by atoms with van der Waals surface area (Å²) in [6.07, 6.45) is 0. The van der Waals surface area contributed by atoms with E-state index in [1.807, 2.05) is 13.0 Å². The molecule has 0 saturated heterocycles. The normalized spacial score (nSPS) is 10.1. The van der Waals surface area contributed by atoms with Gasteiger partial charge in [0.25, 0.3) is 11.8 Å². The topological polar surface area (TPSA) is 84.2 Å². The van der Waals surface area contributed by atoms with Crippen LogP contribution in [0.25, 0.3) is 0 Å². The van der Waals surface area contributed by atoms with Crippen molar-refractivity contribution < 1.29 is 9.59 Å². The second-order valence-electron chi connectivity index (χ2n) is 4.89. The number of carbonyl (C=O) groups excluding carboxylic acids is 2. The van der Waals surface area contributed by atoms with Gasteiger partial charge in [-0.15, -0.1) is 0 Å². The Labute approximate surface area is 129 Å². The lowest BCUT2D eigenvalue weighted by Crippen LogP contribution is -2.29. The summed E-state index contributed by atoms with van der Waals surface area (Å²) in [5, 5.41) is 5.54. The Morgan fingerprint density at radius 1 is 1.00 bits per heavy atom. The molecule has 22 heavy (non-hydrogen) atoms. The van der Waals surface area contributed by atoms with E-state index >= 15 is 0 Å². The predicted molar refractivity (Wildman–Crippen MR) is 87.0 cm³/mol. The Morgan fingerprint density at radius 2 is 1.73 bits per heavy atom. The Morgan fingerprint density at radius 3 is 2.41 bits per heavy atom. The Balaban J connectivity index is 2.17. The van der Waals surface area contributed by atoms with Gasteiger partial charge in [-0.2, -0.15) is 0 Å². The first-order valence-corrected chi connectivity index (χ1v) is 7.07. The number of nitrogens with two attached hydrogens (primary N) is 1. The van der Waals surface area contributed by atoms with E-state index in [-0.39, 0.29) is 11.8 Å². The van der Waals surface area contributed by atoms with Gasteiger partial charge < -0.3 is 16.4 Å². The van der Waals surface area contributed by atoms with Crippen LogP contribution < -0.4 is 16.4 Å². The minimum atomic E-state index is -0.208. The lowest BCUT2D eigenvalue weighted by atomic mass is 10.1. The average Bonchev–Trinajstić information content (AvgIpc) is 2.55. The van der Waals surface area contributed by atoms with Crippen LogP contribution >= 0.6 is 0 Å². The molecular weight excluding hydrogens is 278 g/mol. The SMILES string of the molecule is Cc1ccc(C(=O)NCCN)cc1NC(=O)c1ccccc1. The molecule has 0 saturated carbocycles. The van der Waals surface area contributed by atoms with E-state index in [0.29, 0.717) is 29.9 Å². The van der Waals surface area contributed by atoms with Gasteiger partial charge in [-0.1, -0.05) is 24.3 Å². The Kier molecular flexibility index (Phi) is 5.27. The summed E-state index contributed by atoms with van der Waals surface area (Å²) in [6.45, 7) is 2.68. The van der Waals surface area contributed by atoms with Crippen LogP contribution in [0.3, 0.4) is 0 Å². The van der Waals surface area contributed by atoms with E-state index in [4.69, 9.17) is 5.73 Å². The smallest absolute Gasteiger partial charge is 0.255 e. The van der Waals surface area contributed by atoms with Crippen molar-refractivity contribution in [3.05, 3.63) is 65.2 Å². The number of carbonyl (C=O) groups is 2. The first kappa shape index (κ1) is 15.7. The molecule has 5 heteroatoms. The van der Waals surface area contributed by atoms with Crippen molar-refractivity contribution in [2.45, 2.75) is 6.92 Å². The van der Waals surface area contributed by atoms with Gasteiger partial charge in [-0.25, -0.2) is 0 Å². The first-order valence-electron chi connectivity index (χ1n) is 7.07. The third-order valence-corrected chi connectivity index (χ3v) is 3.21. The van der Waals surface area contributed by atoms with Crippen molar-refractivity contribution in [2.24, 2.45) is 5.73 Å². The molecule has 0 bridgehead atoms. The molecule has 2 aromatic carbocycles. The van der Waals surface area contributed by atoms with Crippen molar-refractivity contribution in [3.8, 4) is 0 Å². The number of hydrogen-bond donors (Lipinski definition) is 3. The maximum absolute atomic E-state index is 12.2. The van der Waals surface area contributed by atoms with Crippen LogP contribution in [0.1, 0.15) is 26.3 Å². The highest BCUT2D eigenvalue weighted by molar-refractivity contribution is 6.05. The number of amides is 2. The molecule has 0 unspecified atom stereocenters. The number of anilines is 1. The molecule has 0 aliphatic heterocycles. The van der Waals surface area contributed by atoms with Crippen LogP contribution in [0.5, 0.6) is 0 Å². The number of nitrogens with one attached hydrogen (secondary N) is 2. The fourth-order valence-corrected chi connectivity index (χ4v) is 1.97. The molecule has 2 amide bonds. The van der Waals surface area contributed by atoms with Gasteiger partial charge in [0.2, 0.25) is 0 Å². The number of rotatable bonds is 5. The second-order valence-corrected chi connectivity index (χ2v) is 4.89. The standard InChI is InChI=1S/C17H19N3O2/c1-12-7-8-14(16(21)19-10-9-18)11-15(12)20-17(22)13-5-3-2-4-6-13/h2-8,11H,9-10,18H2,1H3,(H,19,21)(H,20,22). The van der Waals surface area contributed by atoms with Crippen LogP contribution in [0.4, 0.5) is 5.69 Å². The highest BCUT2D eigenvalue weighted by atomic mass is 16.2. The highest BCUT2D eigenvalue weighted by Crippen LogP contribution is 2.18. The van der Waals surface area contributed by atoms with Gasteiger partial charge in [-0.05, 0) is 36.8 Å². The molecule has 0 aliphatic carbocycles.